The molecule has 2 atom stereocenters. The molecule has 0 amide bonds. The zero-order valence-corrected chi connectivity index (χ0v) is 13.1. The predicted octanol–water partition coefficient (Wildman–Crippen LogP) is 4.25. The van der Waals surface area contributed by atoms with E-state index in [4.69, 9.17) is 10.5 Å². The maximum absolute atomic E-state index is 6.06. The highest BCUT2D eigenvalue weighted by atomic mass is 32.2. The topological polar surface area (TPSA) is 35.2 Å². The molecule has 4 heteroatoms. The third-order valence-electron chi connectivity index (χ3n) is 2.84. The summed E-state index contributed by atoms with van der Waals surface area (Å²) in [6, 6.07) is 12.3. The number of aryl methyl sites for hydroxylation is 1. The van der Waals surface area contributed by atoms with Crippen molar-refractivity contribution >= 4 is 23.1 Å². The Morgan fingerprint density at radius 3 is 2.32 bits per heavy atom. The summed E-state index contributed by atoms with van der Waals surface area (Å²) in [6.07, 6.45) is 1.98. The molecule has 19 heavy (non-hydrogen) atoms. The van der Waals surface area contributed by atoms with Crippen LogP contribution in [0.4, 0.5) is 0 Å². The molecule has 0 aliphatic heterocycles. The van der Waals surface area contributed by atoms with Gasteiger partial charge in [0.05, 0.1) is 0 Å². The Balaban J connectivity index is 2.16. The lowest BCUT2D eigenvalue weighted by molar-refractivity contribution is 0.184. The lowest BCUT2D eigenvalue weighted by Crippen LogP contribution is -2.28. The van der Waals surface area contributed by atoms with Crippen LogP contribution in [-0.4, -0.2) is 12.3 Å². The largest absolute Gasteiger partial charge is 0.483 e. The van der Waals surface area contributed by atoms with Crippen LogP contribution in [0.2, 0.25) is 0 Å². The highest BCUT2D eigenvalue weighted by Crippen LogP contribution is 2.30. The van der Waals surface area contributed by atoms with Crippen LogP contribution >= 0.6 is 23.1 Å². The first-order chi connectivity index (χ1) is 9.10. The minimum Gasteiger partial charge on any atom is -0.483 e. The number of ether oxygens (including phenoxy) is 1. The minimum absolute atomic E-state index is 0.0433. The van der Waals surface area contributed by atoms with Gasteiger partial charge in [0.25, 0.3) is 0 Å². The molecule has 2 aromatic rings. The van der Waals surface area contributed by atoms with Crippen LogP contribution in [0.15, 0.2) is 41.3 Å². The van der Waals surface area contributed by atoms with Crippen molar-refractivity contribution in [2.24, 2.45) is 5.73 Å². The van der Waals surface area contributed by atoms with Crippen molar-refractivity contribution in [3.8, 4) is 5.75 Å². The van der Waals surface area contributed by atoms with Crippen LogP contribution in [-0.2, 0) is 0 Å². The average Bonchev–Trinajstić information content (AvgIpc) is 2.82. The first kappa shape index (κ1) is 14.4. The van der Waals surface area contributed by atoms with E-state index >= 15 is 0 Å². The maximum atomic E-state index is 6.06. The smallest absolute Gasteiger partial charge is 0.148 e. The second-order valence-corrected chi connectivity index (χ2v) is 6.72. The summed E-state index contributed by atoms with van der Waals surface area (Å²) in [6.45, 7) is 4.08. The molecule has 2 rings (SSSR count). The number of hydrogen-bond donors (Lipinski definition) is 1. The fourth-order valence-electron chi connectivity index (χ4n) is 1.83. The third-order valence-corrected chi connectivity index (χ3v) is 4.65. The van der Waals surface area contributed by atoms with Crippen molar-refractivity contribution in [2.45, 2.75) is 30.9 Å². The van der Waals surface area contributed by atoms with Crippen molar-refractivity contribution in [1.82, 2.24) is 0 Å². The molecule has 1 heterocycles. The first-order valence-corrected chi connectivity index (χ1v) is 8.27. The van der Waals surface area contributed by atoms with E-state index in [1.165, 1.54) is 14.6 Å². The number of benzene rings is 1. The highest BCUT2D eigenvalue weighted by Gasteiger charge is 2.19. The molecule has 0 aliphatic carbocycles. The fourth-order valence-corrected chi connectivity index (χ4v) is 3.26. The lowest BCUT2D eigenvalue weighted by Gasteiger charge is -2.21. The van der Waals surface area contributed by atoms with Gasteiger partial charge in [-0.25, -0.2) is 0 Å². The Morgan fingerprint density at radius 1 is 1.16 bits per heavy atom. The lowest BCUT2D eigenvalue weighted by atomic mass is 10.1. The van der Waals surface area contributed by atoms with Crippen LogP contribution in [0.5, 0.6) is 5.75 Å². The quantitative estimate of drug-likeness (QED) is 0.837. The van der Waals surface area contributed by atoms with E-state index in [0.29, 0.717) is 0 Å². The number of rotatable bonds is 5. The molecule has 0 spiro atoms. The van der Waals surface area contributed by atoms with Gasteiger partial charge in [0.2, 0.25) is 0 Å². The molecule has 0 aliphatic rings. The second kappa shape index (κ2) is 6.46. The van der Waals surface area contributed by atoms with Crippen molar-refractivity contribution in [1.29, 1.82) is 0 Å². The Hall–Kier alpha value is -0.970. The van der Waals surface area contributed by atoms with Gasteiger partial charge in [-0.2, -0.15) is 0 Å². The summed E-state index contributed by atoms with van der Waals surface area (Å²) < 4.78 is 6.05. The number of thioether (sulfide) groups is 1. The molecule has 2 nitrogen and oxygen atoms in total. The monoisotopic (exact) mass is 293 g/mol. The Bertz CT molecular complexity index is 519. The Morgan fingerprint density at radius 2 is 1.84 bits per heavy atom. The third kappa shape index (κ3) is 3.75. The van der Waals surface area contributed by atoms with E-state index < -0.39 is 0 Å². The van der Waals surface area contributed by atoms with Crippen molar-refractivity contribution in [3.63, 3.8) is 0 Å². The SMILES string of the molecule is CSc1ccc(OC(c2ccc(C)s2)C(C)N)cc1. The van der Waals surface area contributed by atoms with Crippen LogP contribution in [0.1, 0.15) is 22.8 Å². The Labute approximate surface area is 123 Å². The van der Waals surface area contributed by atoms with E-state index in [-0.39, 0.29) is 12.1 Å². The van der Waals surface area contributed by atoms with Crippen molar-refractivity contribution in [3.05, 3.63) is 46.2 Å². The van der Waals surface area contributed by atoms with Gasteiger partial charge in [-0.05, 0) is 56.5 Å². The van der Waals surface area contributed by atoms with Crippen LogP contribution < -0.4 is 10.5 Å². The van der Waals surface area contributed by atoms with E-state index in [1.54, 1.807) is 23.1 Å². The van der Waals surface area contributed by atoms with E-state index in [1.807, 2.05) is 19.1 Å². The molecule has 1 aromatic heterocycles. The van der Waals surface area contributed by atoms with Gasteiger partial charge >= 0.3 is 0 Å². The normalized spacial score (nSPS) is 14.1. The van der Waals surface area contributed by atoms with Crippen LogP contribution in [0.25, 0.3) is 0 Å². The highest BCUT2D eigenvalue weighted by molar-refractivity contribution is 7.98. The van der Waals surface area contributed by atoms with Crippen LogP contribution in [0.3, 0.4) is 0 Å². The molecule has 1 aromatic carbocycles. The summed E-state index contributed by atoms with van der Waals surface area (Å²) in [7, 11) is 0. The summed E-state index contributed by atoms with van der Waals surface area (Å²) >= 11 is 3.47. The van der Waals surface area contributed by atoms with Crippen molar-refractivity contribution < 1.29 is 4.74 Å². The maximum Gasteiger partial charge on any atom is 0.148 e. The molecule has 2 unspecified atom stereocenters. The second-order valence-electron chi connectivity index (χ2n) is 4.52. The zero-order chi connectivity index (χ0) is 13.8. The van der Waals surface area contributed by atoms with E-state index in [9.17, 15) is 0 Å². The molecular weight excluding hydrogens is 274 g/mol. The fraction of sp³-hybridized carbons (Fsp3) is 0.333. The summed E-state index contributed by atoms with van der Waals surface area (Å²) in [5.41, 5.74) is 6.06. The zero-order valence-electron chi connectivity index (χ0n) is 11.4. The number of nitrogens with two attached hydrogens (primary N) is 1. The van der Waals surface area contributed by atoms with E-state index in [0.717, 1.165) is 5.75 Å². The molecular formula is C15H19NOS2. The molecule has 0 radical (unpaired) electrons. The van der Waals surface area contributed by atoms with Gasteiger partial charge in [0, 0.05) is 20.7 Å². The van der Waals surface area contributed by atoms with E-state index in [2.05, 4.69) is 37.4 Å². The molecule has 0 fully saturated rings. The number of thiophene rings is 1. The van der Waals surface area contributed by atoms with Gasteiger partial charge in [0.15, 0.2) is 0 Å². The van der Waals surface area contributed by atoms with Gasteiger partial charge in [0.1, 0.15) is 11.9 Å². The van der Waals surface area contributed by atoms with Gasteiger partial charge in [-0.3, -0.25) is 0 Å². The van der Waals surface area contributed by atoms with Gasteiger partial charge in [-0.15, -0.1) is 23.1 Å². The van der Waals surface area contributed by atoms with Gasteiger partial charge in [-0.1, -0.05) is 0 Å². The van der Waals surface area contributed by atoms with Crippen LogP contribution in [0, 0.1) is 6.92 Å². The summed E-state index contributed by atoms with van der Waals surface area (Å²) in [4.78, 5) is 3.69. The average molecular weight is 293 g/mol. The minimum atomic E-state index is -0.0844. The summed E-state index contributed by atoms with van der Waals surface area (Å²) in [5, 5.41) is 0. The van der Waals surface area contributed by atoms with Gasteiger partial charge < -0.3 is 10.5 Å². The number of hydrogen-bond acceptors (Lipinski definition) is 4. The molecule has 0 saturated carbocycles. The standard InChI is InChI=1S/C15H19NOS2/c1-10-4-9-14(19-10)15(11(2)16)17-12-5-7-13(18-3)8-6-12/h4-9,11,15H,16H2,1-3H3. The Kier molecular flexibility index (Phi) is 4.91. The van der Waals surface area contributed by atoms with Crippen molar-refractivity contribution in [2.75, 3.05) is 6.26 Å². The first-order valence-electron chi connectivity index (χ1n) is 6.23. The molecule has 2 N–H and O–H groups in total. The summed E-state index contributed by atoms with van der Waals surface area (Å²) in [5.74, 6) is 0.867. The predicted molar refractivity (Wildman–Crippen MR) is 84.3 cm³/mol. The molecule has 102 valence electrons. The molecule has 0 saturated heterocycles. The molecule has 0 bridgehead atoms.